The molecule has 0 rings (SSSR count). The van der Waals surface area contributed by atoms with Crippen LogP contribution in [0, 0.1) is 28.6 Å². The van der Waals surface area contributed by atoms with E-state index >= 15 is 0 Å². The lowest BCUT2D eigenvalue weighted by Crippen LogP contribution is -2.20. The minimum absolute atomic E-state index is 0.287. The second-order valence-corrected chi connectivity index (χ2v) is 1.47. The normalized spacial score (nSPS) is 8.50. The molecule has 0 aliphatic carbocycles. The van der Waals surface area contributed by atoms with Crippen LogP contribution in [0.1, 0.15) is 0 Å². The maximum atomic E-state index is 8.12. The van der Waals surface area contributed by atoms with E-state index in [0.29, 0.717) is 0 Å². The van der Waals surface area contributed by atoms with Crippen LogP contribution in [0.25, 0.3) is 0 Å². The Morgan fingerprint density at radius 1 is 1.40 bits per heavy atom. The van der Waals surface area contributed by atoms with Gasteiger partial charge in [0.15, 0.2) is 5.92 Å². The van der Waals surface area contributed by atoms with E-state index in [1.165, 1.54) is 0 Å². The maximum Gasteiger partial charge on any atom is 0.633 e. The van der Waals surface area contributed by atoms with Crippen molar-refractivity contribution in [3.63, 3.8) is 0 Å². The molecule has 0 unspecified atom stereocenters. The van der Waals surface area contributed by atoms with Gasteiger partial charge in [0.05, 0.1) is 18.7 Å². The molecule has 52 valence electrons. The molecular formula is C4H5BN2O3. The molecule has 0 aromatic rings. The third kappa shape index (κ3) is 3.87. The van der Waals surface area contributed by atoms with Crippen LogP contribution in [-0.4, -0.2) is 24.0 Å². The summed E-state index contributed by atoms with van der Waals surface area (Å²) < 4.78 is 4.15. The van der Waals surface area contributed by atoms with Crippen LogP contribution in [0.2, 0.25) is 0 Å². The summed E-state index contributed by atoms with van der Waals surface area (Å²) >= 11 is 0. The first-order valence-corrected chi connectivity index (χ1v) is 2.47. The molecule has 6 heteroatoms. The van der Waals surface area contributed by atoms with Crippen molar-refractivity contribution in [3.8, 4) is 12.1 Å². The van der Waals surface area contributed by atoms with Crippen molar-refractivity contribution in [1.82, 2.24) is 0 Å². The average Bonchev–Trinajstić information content (AvgIpc) is 1.90. The topological polar surface area (TPSA) is 97.3 Å². The van der Waals surface area contributed by atoms with Gasteiger partial charge in [0, 0.05) is 0 Å². The minimum atomic E-state index is -1.91. The maximum absolute atomic E-state index is 8.12. The van der Waals surface area contributed by atoms with Gasteiger partial charge in [-0.05, 0) is 0 Å². The van der Waals surface area contributed by atoms with Crippen LogP contribution >= 0.6 is 0 Å². The van der Waals surface area contributed by atoms with Crippen molar-refractivity contribution < 1.29 is 14.7 Å². The molecule has 0 heterocycles. The van der Waals surface area contributed by atoms with Gasteiger partial charge >= 0.3 is 7.32 Å². The zero-order valence-corrected chi connectivity index (χ0v) is 5.06. The van der Waals surface area contributed by atoms with Crippen LogP contribution in [0.15, 0.2) is 0 Å². The second kappa shape index (κ2) is 4.77. The molecule has 5 nitrogen and oxygen atoms in total. The lowest BCUT2D eigenvalue weighted by molar-refractivity contribution is 0.179. The highest BCUT2D eigenvalue weighted by atomic mass is 16.6. The van der Waals surface area contributed by atoms with Crippen molar-refractivity contribution in [2.45, 2.75) is 0 Å². The monoisotopic (exact) mass is 140 g/mol. The quantitative estimate of drug-likeness (QED) is 0.471. The fraction of sp³-hybridized carbons (Fsp3) is 0.500. The van der Waals surface area contributed by atoms with Crippen molar-refractivity contribution in [2.24, 2.45) is 5.92 Å². The molecule has 0 radical (unpaired) electrons. The van der Waals surface area contributed by atoms with Crippen molar-refractivity contribution in [3.05, 3.63) is 0 Å². The van der Waals surface area contributed by atoms with E-state index in [2.05, 4.69) is 4.65 Å². The van der Waals surface area contributed by atoms with Crippen LogP contribution in [-0.2, 0) is 4.65 Å². The van der Waals surface area contributed by atoms with Gasteiger partial charge in [0.2, 0.25) is 0 Å². The third-order valence-corrected chi connectivity index (χ3v) is 0.724. The Hall–Kier alpha value is -1.08. The molecule has 0 aromatic carbocycles. The van der Waals surface area contributed by atoms with E-state index < -0.39 is 13.2 Å². The summed E-state index contributed by atoms with van der Waals surface area (Å²) in [6.07, 6.45) is 0. The molecule has 0 saturated carbocycles. The van der Waals surface area contributed by atoms with E-state index in [-0.39, 0.29) is 6.61 Å². The summed E-state index contributed by atoms with van der Waals surface area (Å²) in [7, 11) is -1.91. The fourth-order valence-electron chi connectivity index (χ4n) is 0.286. The Balaban J connectivity index is 3.51. The number of nitriles is 2. The lowest BCUT2D eigenvalue weighted by atomic mass is 10.2. The van der Waals surface area contributed by atoms with Crippen LogP contribution in [0.5, 0.6) is 0 Å². The van der Waals surface area contributed by atoms with E-state index in [1.807, 2.05) is 0 Å². The van der Waals surface area contributed by atoms with Crippen molar-refractivity contribution in [1.29, 1.82) is 10.5 Å². The first-order valence-electron chi connectivity index (χ1n) is 2.47. The van der Waals surface area contributed by atoms with Gasteiger partial charge in [-0.3, -0.25) is 0 Å². The van der Waals surface area contributed by atoms with Gasteiger partial charge in [-0.2, -0.15) is 10.5 Å². The molecule has 0 spiro atoms. The molecule has 0 fully saturated rings. The number of hydrogen-bond acceptors (Lipinski definition) is 5. The molecule has 0 atom stereocenters. The predicted octanol–water partition coefficient (Wildman–Crippen LogP) is -1.36. The number of rotatable bonds is 3. The van der Waals surface area contributed by atoms with Crippen molar-refractivity contribution in [2.75, 3.05) is 6.61 Å². The summed E-state index contributed by atoms with van der Waals surface area (Å²) in [5.74, 6) is -0.943. The van der Waals surface area contributed by atoms with Crippen LogP contribution < -0.4 is 0 Å². The molecule has 10 heavy (non-hydrogen) atoms. The highest BCUT2D eigenvalue weighted by Crippen LogP contribution is 1.92. The van der Waals surface area contributed by atoms with Gasteiger partial charge in [0.25, 0.3) is 0 Å². The molecule has 0 aromatic heterocycles. The average molecular weight is 140 g/mol. The SMILES string of the molecule is N#CC(C#N)COB(O)O. The number of hydrogen-bond donors (Lipinski definition) is 2. The Labute approximate surface area is 58.2 Å². The third-order valence-electron chi connectivity index (χ3n) is 0.724. The van der Waals surface area contributed by atoms with Gasteiger partial charge in [0.1, 0.15) is 0 Å². The van der Waals surface area contributed by atoms with E-state index in [0.717, 1.165) is 0 Å². The summed E-state index contributed by atoms with van der Waals surface area (Å²) in [4.78, 5) is 0. The van der Waals surface area contributed by atoms with Gasteiger partial charge < -0.3 is 14.7 Å². The molecular weight excluding hydrogens is 135 g/mol. The van der Waals surface area contributed by atoms with Crippen molar-refractivity contribution >= 4 is 7.32 Å². The first kappa shape index (κ1) is 8.92. The highest BCUT2D eigenvalue weighted by Gasteiger charge is 2.12. The molecule has 0 aliphatic rings. The minimum Gasteiger partial charge on any atom is -0.402 e. The zero-order chi connectivity index (χ0) is 7.98. The van der Waals surface area contributed by atoms with Gasteiger partial charge in [-0.25, -0.2) is 0 Å². The Kier molecular flexibility index (Phi) is 4.26. The van der Waals surface area contributed by atoms with Gasteiger partial charge in [-0.15, -0.1) is 0 Å². The lowest BCUT2D eigenvalue weighted by Gasteiger charge is -1.99. The smallest absolute Gasteiger partial charge is 0.402 e. The molecule has 2 N–H and O–H groups in total. The first-order chi connectivity index (χ1) is 4.70. The Morgan fingerprint density at radius 3 is 2.20 bits per heavy atom. The highest BCUT2D eigenvalue weighted by molar-refractivity contribution is 6.32. The Morgan fingerprint density at radius 2 is 1.90 bits per heavy atom. The summed E-state index contributed by atoms with van der Waals surface area (Å²) in [6.45, 7) is -0.287. The molecule has 0 aliphatic heterocycles. The van der Waals surface area contributed by atoms with Crippen LogP contribution in [0.3, 0.4) is 0 Å². The standard InChI is InChI=1S/C4H5BN2O3/c6-1-4(2-7)3-10-5(8)9/h4,8-9H,3H2. The van der Waals surface area contributed by atoms with Crippen LogP contribution in [0.4, 0.5) is 0 Å². The fourth-order valence-corrected chi connectivity index (χ4v) is 0.286. The number of nitrogens with zero attached hydrogens (tertiary/aromatic N) is 2. The van der Waals surface area contributed by atoms with E-state index in [1.54, 1.807) is 12.1 Å². The van der Waals surface area contributed by atoms with Gasteiger partial charge in [-0.1, -0.05) is 0 Å². The summed E-state index contributed by atoms with van der Waals surface area (Å²) in [5, 5.41) is 32.5. The summed E-state index contributed by atoms with van der Waals surface area (Å²) in [5.41, 5.74) is 0. The molecule has 0 amide bonds. The van der Waals surface area contributed by atoms with E-state index in [4.69, 9.17) is 20.6 Å². The van der Waals surface area contributed by atoms with E-state index in [9.17, 15) is 0 Å². The zero-order valence-electron chi connectivity index (χ0n) is 5.06. The second-order valence-electron chi connectivity index (χ2n) is 1.47. The molecule has 0 bridgehead atoms. The molecule has 0 saturated heterocycles. The summed E-state index contributed by atoms with van der Waals surface area (Å²) in [6, 6.07) is 3.20. The Bertz CT molecular complexity index is 156. The predicted molar refractivity (Wildman–Crippen MR) is 30.9 cm³/mol. The largest absolute Gasteiger partial charge is 0.633 e.